The fourth-order valence-electron chi connectivity index (χ4n) is 15.5. The van der Waals surface area contributed by atoms with Crippen molar-refractivity contribution in [3.05, 3.63) is 385 Å². The predicted molar refractivity (Wildman–Crippen MR) is 456 cm³/mol. The molecule has 0 spiro atoms. The summed E-state index contributed by atoms with van der Waals surface area (Å²) in [5.41, 5.74) is 39.9. The van der Waals surface area contributed by atoms with E-state index < -0.39 is 0 Å². The van der Waals surface area contributed by atoms with Crippen LogP contribution in [0, 0.1) is 0 Å². The number of benzene rings is 10. The zero-order chi connectivity index (χ0) is 71.4. The summed E-state index contributed by atoms with van der Waals surface area (Å²) in [6.45, 7) is 6.50. The normalized spacial score (nSPS) is 18.4. The molecule has 15 rings (SSSR count). The zero-order valence-electron chi connectivity index (χ0n) is 58.8. The van der Waals surface area contributed by atoms with Crippen LogP contribution in [0.1, 0.15) is 198 Å². The summed E-state index contributed by atoms with van der Waals surface area (Å²) in [6.07, 6.45) is 11.3. The third-order valence-electron chi connectivity index (χ3n) is 21.2. The van der Waals surface area contributed by atoms with Gasteiger partial charge in [-0.1, -0.05) is 339 Å². The maximum atomic E-state index is 6.65. The van der Waals surface area contributed by atoms with Crippen LogP contribution in [0.3, 0.4) is 0 Å². The third-order valence-corrected chi connectivity index (χ3v) is 22.2. The van der Waals surface area contributed by atoms with Crippen molar-refractivity contribution in [2.24, 2.45) is 22.9 Å². The monoisotopic (exact) mass is 1510 g/mol. The molecule has 4 aliphatic heterocycles. The number of likely N-dealkylation sites (tertiary alicyclic amines) is 4. The van der Waals surface area contributed by atoms with Crippen LogP contribution in [0.2, 0.25) is 20.1 Å². The van der Waals surface area contributed by atoms with Gasteiger partial charge in [0.05, 0.1) is 23.8 Å². The molecule has 5 heterocycles. The summed E-state index contributed by atoms with van der Waals surface area (Å²) in [5.74, 6) is 0. The lowest BCUT2D eigenvalue weighted by Gasteiger charge is -2.49. The summed E-state index contributed by atoms with van der Waals surface area (Å²) in [6, 6.07) is 104. The van der Waals surface area contributed by atoms with Crippen LogP contribution in [0.4, 0.5) is 0 Å². The van der Waals surface area contributed by atoms with Crippen LogP contribution >= 0.6 is 46.4 Å². The number of halogens is 4. The molecule has 0 bridgehead atoms. The maximum absolute atomic E-state index is 6.65. The molecule has 562 valence electrons. The predicted octanol–water partition coefficient (Wildman–Crippen LogP) is 23.3. The highest BCUT2D eigenvalue weighted by atomic mass is 35.5. The molecular weight excluding hydrogens is 1400 g/mol. The average molecular weight is 1510 g/mol. The number of nitrogens with zero attached hydrogens (tertiary/aromatic N) is 5. The molecule has 2 unspecified atom stereocenters. The lowest BCUT2D eigenvalue weighted by molar-refractivity contribution is 0.0187. The number of hydrogen-bond donors (Lipinski definition) is 4. The molecule has 107 heavy (non-hydrogen) atoms. The molecule has 8 N–H and O–H groups in total. The van der Waals surface area contributed by atoms with Gasteiger partial charge in [-0.05, 0) is 148 Å². The fraction of sp³-hybridized carbons (Fsp3) is 0.309. The smallest absolute Gasteiger partial charge is 0.0779 e. The SMILES string of the molecule is C.C.C.C.CCCCCC(c1ccccc1)N1CC[C@H]1[C@@H](N)c1cccc(Cl)c1.N[C@@H](c1cccc(Cl)c1)[C@@H]1CCN1C(c1ccccc1)c1ccccc1.N[C@@H](c1cccc(Cl)c1)[C@@H]1CCN1C(c1ccccc1)c1ccccn1.N[C@H](c1cccc(Cl)c1)[C@H]1CCN1C(c1ccccc1)c1ccccc1. The Morgan fingerprint density at radius 1 is 0.308 bits per heavy atom. The minimum absolute atomic E-state index is 0. The highest BCUT2D eigenvalue weighted by Gasteiger charge is 2.43. The van der Waals surface area contributed by atoms with E-state index in [-0.39, 0.29) is 78.0 Å². The van der Waals surface area contributed by atoms with Gasteiger partial charge >= 0.3 is 0 Å². The van der Waals surface area contributed by atoms with Crippen molar-refractivity contribution in [1.29, 1.82) is 0 Å². The molecule has 10 atom stereocenters. The van der Waals surface area contributed by atoms with E-state index in [1.54, 1.807) is 0 Å². The van der Waals surface area contributed by atoms with Crippen LogP contribution in [-0.2, 0) is 0 Å². The minimum Gasteiger partial charge on any atom is -0.323 e. The van der Waals surface area contributed by atoms with Gasteiger partial charge in [0, 0.05) is 107 Å². The number of rotatable bonds is 23. The number of hydrogen-bond acceptors (Lipinski definition) is 9. The number of nitrogens with two attached hydrogens (primary N) is 4. The van der Waals surface area contributed by atoms with Crippen LogP contribution in [0.5, 0.6) is 0 Å². The molecule has 1 aromatic heterocycles. The first-order chi connectivity index (χ1) is 50.4. The standard InChI is InChI=1S/2C23H23ClN2.C22H22ClN3.C22H29ClN2.4CH4/c2*24-20-13-7-12-19(16-20)22(25)21-14-15-26(21)23(17-8-3-1-4-9-17)18-10-5-2-6-11-18;23-18-10-6-9-17(15-18)21(24)20-12-14-26(20)22(16-7-2-1-3-8-16)19-11-4-5-13-25-19;1-2-3-5-13-20(17-9-6-4-7-10-17)25-15-14-21(25)22(24)18-11-8-12-19(23)16-18;;;;/h2*1-13,16,21-23H,14-15,25H2;1-11,13,15,20-22H,12,14,24H2;4,6-12,16,20-22H,2-3,5,13-15,24H2,1H3;4*1H4/t2*21-,22-;20-,21-,22?;20?,21-,22-;;;;/m1000..../s1. The Balaban J connectivity index is 0.000000178. The van der Waals surface area contributed by atoms with Gasteiger partial charge < -0.3 is 22.9 Å². The highest BCUT2D eigenvalue weighted by molar-refractivity contribution is 6.31. The Morgan fingerprint density at radius 3 is 0.832 bits per heavy atom. The van der Waals surface area contributed by atoms with Crippen LogP contribution in [0.15, 0.2) is 303 Å². The Labute approximate surface area is 660 Å². The summed E-state index contributed by atoms with van der Waals surface area (Å²) < 4.78 is 0. The quantitative estimate of drug-likeness (QED) is 0.0463. The molecule has 0 saturated carbocycles. The van der Waals surface area contributed by atoms with Gasteiger partial charge in [0.15, 0.2) is 0 Å². The largest absolute Gasteiger partial charge is 0.323 e. The third kappa shape index (κ3) is 21.6. The number of unbranched alkanes of at least 4 members (excludes halogenated alkanes) is 2. The molecule has 0 amide bonds. The minimum atomic E-state index is -0.0719. The topological polar surface area (TPSA) is 130 Å². The first-order valence-corrected chi connectivity index (χ1v) is 38.2. The van der Waals surface area contributed by atoms with E-state index in [1.807, 2.05) is 97.2 Å². The lowest BCUT2D eigenvalue weighted by atomic mass is 9.85. The van der Waals surface area contributed by atoms with Gasteiger partial charge in [-0.3, -0.25) is 24.6 Å². The molecule has 10 aromatic carbocycles. The van der Waals surface area contributed by atoms with E-state index in [2.05, 4.69) is 238 Å². The molecule has 0 radical (unpaired) electrons. The van der Waals surface area contributed by atoms with Crippen LogP contribution < -0.4 is 22.9 Å². The molecule has 4 aliphatic rings. The molecule has 4 saturated heterocycles. The Hall–Kier alpha value is -7.81. The van der Waals surface area contributed by atoms with Gasteiger partial charge in [0.25, 0.3) is 0 Å². The Kier molecular flexibility index (Phi) is 33.5. The summed E-state index contributed by atoms with van der Waals surface area (Å²) in [4.78, 5) is 14.8. The van der Waals surface area contributed by atoms with Crippen molar-refractivity contribution in [2.75, 3.05) is 26.2 Å². The number of pyridine rings is 1. The lowest BCUT2D eigenvalue weighted by Crippen LogP contribution is -2.54. The fourth-order valence-corrected chi connectivity index (χ4v) is 16.3. The second-order valence-corrected chi connectivity index (χ2v) is 29.4. The summed E-state index contributed by atoms with van der Waals surface area (Å²) >= 11 is 24.7. The van der Waals surface area contributed by atoms with Crippen molar-refractivity contribution >= 4 is 46.4 Å². The molecular formula is C94H113Cl4N9. The van der Waals surface area contributed by atoms with E-state index in [9.17, 15) is 0 Å². The van der Waals surface area contributed by atoms with Crippen molar-refractivity contribution in [2.45, 2.75) is 160 Å². The van der Waals surface area contributed by atoms with E-state index >= 15 is 0 Å². The van der Waals surface area contributed by atoms with Gasteiger partial charge in [0.2, 0.25) is 0 Å². The van der Waals surface area contributed by atoms with E-state index in [0.717, 1.165) is 99.9 Å². The summed E-state index contributed by atoms with van der Waals surface area (Å²) in [5, 5.41) is 2.98. The van der Waals surface area contributed by atoms with E-state index in [0.29, 0.717) is 24.2 Å². The molecule has 9 nitrogen and oxygen atoms in total. The summed E-state index contributed by atoms with van der Waals surface area (Å²) in [7, 11) is 0. The van der Waals surface area contributed by atoms with Gasteiger partial charge in [-0.2, -0.15) is 0 Å². The second-order valence-electron chi connectivity index (χ2n) is 27.6. The van der Waals surface area contributed by atoms with Gasteiger partial charge in [0.1, 0.15) is 0 Å². The van der Waals surface area contributed by atoms with Crippen molar-refractivity contribution < 1.29 is 0 Å². The Morgan fingerprint density at radius 2 is 0.570 bits per heavy atom. The van der Waals surface area contributed by atoms with Gasteiger partial charge in [-0.15, -0.1) is 0 Å². The molecule has 4 fully saturated rings. The zero-order valence-corrected chi connectivity index (χ0v) is 61.9. The van der Waals surface area contributed by atoms with E-state index in [4.69, 9.17) is 69.3 Å². The van der Waals surface area contributed by atoms with Crippen molar-refractivity contribution in [1.82, 2.24) is 24.6 Å². The maximum Gasteiger partial charge on any atom is 0.0779 e. The van der Waals surface area contributed by atoms with E-state index in [1.165, 1.54) is 59.1 Å². The number of aromatic nitrogens is 1. The molecule has 13 heteroatoms. The van der Waals surface area contributed by atoms with Crippen LogP contribution in [0.25, 0.3) is 0 Å². The average Bonchev–Trinajstić information content (AvgIpc) is 0.785. The van der Waals surface area contributed by atoms with Crippen molar-refractivity contribution in [3.8, 4) is 0 Å². The van der Waals surface area contributed by atoms with Crippen LogP contribution in [-0.4, -0.2) is 74.9 Å². The first-order valence-electron chi connectivity index (χ1n) is 36.7. The van der Waals surface area contributed by atoms with Gasteiger partial charge in [-0.25, -0.2) is 0 Å². The first kappa shape index (κ1) is 84.8. The molecule has 11 aromatic rings. The highest BCUT2D eigenvalue weighted by Crippen LogP contribution is 2.44. The van der Waals surface area contributed by atoms with Crippen molar-refractivity contribution in [3.63, 3.8) is 0 Å². The molecule has 0 aliphatic carbocycles. The second kappa shape index (κ2) is 42.2. The Bertz CT molecular complexity index is 3860.